The van der Waals surface area contributed by atoms with Crippen LogP contribution in [0.4, 0.5) is 0 Å². The van der Waals surface area contributed by atoms with Crippen molar-refractivity contribution in [3.8, 4) is 0 Å². The van der Waals surface area contributed by atoms with E-state index in [2.05, 4.69) is 38.3 Å². The highest BCUT2D eigenvalue weighted by molar-refractivity contribution is 9.10. The zero-order valence-corrected chi connectivity index (χ0v) is 13.1. The molecule has 2 aromatic rings. The molecule has 0 bridgehead atoms. The fourth-order valence-corrected chi connectivity index (χ4v) is 2.33. The first kappa shape index (κ1) is 14.8. The smallest absolute Gasteiger partial charge is 0.180 e. The predicted octanol–water partition coefficient (Wildman–Crippen LogP) is 4.03. The number of amidine groups is 1. The maximum atomic E-state index is 5.81. The predicted molar refractivity (Wildman–Crippen MR) is 91.1 cm³/mol. The molecule has 0 saturated carbocycles. The van der Waals surface area contributed by atoms with Crippen LogP contribution in [0.15, 0.2) is 69.3 Å². The van der Waals surface area contributed by atoms with Gasteiger partial charge in [0.2, 0.25) is 0 Å². The molecule has 0 saturated heterocycles. The highest BCUT2D eigenvalue weighted by atomic mass is 79.9. The first-order valence-electron chi connectivity index (χ1n) is 6.03. The van der Waals surface area contributed by atoms with E-state index < -0.39 is 0 Å². The van der Waals surface area contributed by atoms with Crippen LogP contribution >= 0.6 is 27.7 Å². The van der Waals surface area contributed by atoms with E-state index in [0.29, 0.717) is 5.17 Å². The van der Waals surface area contributed by atoms with E-state index in [-0.39, 0.29) is 0 Å². The van der Waals surface area contributed by atoms with E-state index in [9.17, 15) is 0 Å². The molecule has 5 heteroatoms. The third-order valence-corrected chi connectivity index (χ3v) is 3.85. The van der Waals surface area contributed by atoms with Crippen LogP contribution in [0.2, 0.25) is 0 Å². The number of rotatable bonds is 4. The fourth-order valence-electron chi connectivity index (χ4n) is 1.46. The molecule has 0 aromatic heterocycles. The van der Waals surface area contributed by atoms with Crippen LogP contribution in [0, 0.1) is 0 Å². The highest BCUT2D eigenvalue weighted by Crippen LogP contribution is 2.15. The van der Waals surface area contributed by atoms with Crippen LogP contribution < -0.4 is 5.73 Å². The molecule has 0 atom stereocenters. The van der Waals surface area contributed by atoms with Crippen molar-refractivity contribution in [3.05, 3.63) is 70.2 Å². The topological polar surface area (TPSA) is 50.7 Å². The molecule has 0 spiro atoms. The number of thioether (sulfide) groups is 1. The molecule has 0 amide bonds. The quantitative estimate of drug-likeness (QED) is 0.515. The number of nitrogens with two attached hydrogens (primary N) is 1. The molecule has 0 unspecified atom stereocenters. The maximum Gasteiger partial charge on any atom is 0.180 e. The van der Waals surface area contributed by atoms with Gasteiger partial charge >= 0.3 is 0 Å². The summed E-state index contributed by atoms with van der Waals surface area (Å²) >= 11 is 4.88. The summed E-state index contributed by atoms with van der Waals surface area (Å²) in [5.41, 5.74) is 8.00. The summed E-state index contributed by atoms with van der Waals surface area (Å²) < 4.78 is 1.07. The van der Waals surface area contributed by atoms with Crippen LogP contribution in [0.5, 0.6) is 0 Å². The molecular formula is C15H14BrN3S. The zero-order valence-electron chi connectivity index (χ0n) is 10.7. The average molecular weight is 348 g/mol. The Bertz CT molecular complexity index is 594. The summed E-state index contributed by atoms with van der Waals surface area (Å²) in [6, 6.07) is 17.9. The number of hydrogen-bond acceptors (Lipinski definition) is 3. The first-order chi connectivity index (χ1) is 9.74. The Hall–Kier alpha value is -1.59. The first-order valence-corrected chi connectivity index (χ1v) is 7.81. The molecule has 102 valence electrons. The van der Waals surface area contributed by atoms with Gasteiger partial charge in [0.05, 0.1) is 6.21 Å². The summed E-state index contributed by atoms with van der Waals surface area (Å²) in [6.45, 7) is 0. The van der Waals surface area contributed by atoms with Crippen LogP contribution in [0.1, 0.15) is 11.1 Å². The van der Waals surface area contributed by atoms with Crippen molar-refractivity contribution < 1.29 is 0 Å². The van der Waals surface area contributed by atoms with E-state index in [4.69, 9.17) is 5.73 Å². The van der Waals surface area contributed by atoms with Crippen molar-refractivity contribution in [1.29, 1.82) is 0 Å². The van der Waals surface area contributed by atoms with Crippen molar-refractivity contribution in [2.75, 3.05) is 0 Å². The van der Waals surface area contributed by atoms with Crippen molar-refractivity contribution in [2.45, 2.75) is 5.75 Å². The Morgan fingerprint density at radius 3 is 2.50 bits per heavy atom. The molecule has 2 rings (SSSR count). The molecule has 3 nitrogen and oxygen atoms in total. The van der Waals surface area contributed by atoms with Crippen LogP contribution in [0.25, 0.3) is 0 Å². The average Bonchev–Trinajstić information content (AvgIpc) is 2.48. The van der Waals surface area contributed by atoms with Gasteiger partial charge in [-0.05, 0) is 23.3 Å². The van der Waals surface area contributed by atoms with Gasteiger partial charge in [-0.1, -0.05) is 70.2 Å². The summed E-state index contributed by atoms with van der Waals surface area (Å²) in [7, 11) is 0. The van der Waals surface area contributed by atoms with Crippen LogP contribution in [0.3, 0.4) is 0 Å². The molecule has 2 aromatic carbocycles. The molecule has 2 N–H and O–H groups in total. The maximum absolute atomic E-state index is 5.81. The molecule has 0 heterocycles. The Kier molecular flexibility index (Phi) is 5.83. The van der Waals surface area contributed by atoms with Gasteiger partial charge in [0, 0.05) is 10.2 Å². The van der Waals surface area contributed by atoms with Gasteiger partial charge in [-0.2, -0.15) is 5.10 Å². The lowest BCUT2D eigenvalue weighted by atomic mass is 10.2. The van der Waals surface area contributed by atoms with E-state index in [1.807, 2.05) is 42.5 Å². The second-order valence-corrected chi connectivity index (χ2v) is 5.92. The minimum Gasteiger partial charge on any atom is -0.377 e. The van der Waals surface area contributed by atoms with Gasteiger partial charge in [-0.25, -0.2) is 0 Å². The number of hydrogen-bond donors (Lipinski definition) is 1. The van der Waals surface area contributed by atoms with Gasteiger partial charge in [0.15, 0.2) is 5.17 Å². The highest BCUT2D eigenvalue weighted by Gasteiger charge is 1.97. The Balaban J connectivity index is 1.85. The summed E-state index contributed by atoms with van der Waals surface area (Å²) in [6.07, 6.45) is 1.69. The van der Waals surface area contributed by atoms with Gasteiger partial charge in [0.25, 0.3) is 0 Å². The van der Waals surface area contributed by atoms with Crippen LogP contribution in [-0.4, -0.2) is 11.4 Å². The molecule has 0 radical (unpaired) electrons. The van der Waals surface area contributed by atoms with Crippen molar-refractivity contribution >= 4 is 39.1 Å². The summed E-state index contributed by atoms with van der Waals surface area (Å²) in [5, 5.41) is 8.41. The van der Waals surface area contributed by atoms with Gasteiger partial charge < -0.3 is 5.73 Å². The lowest BCUT2D eigenvalue weighted by Crippen LogP contribution is -2.06. The lowest BCUT2D eigenvalue weighted by molar-refractivity contribution is 1.25. The SMILES string of the molecule is NC(=NN=Cc1ccccc1)SCc1ccc(Br)cc1. The molecular weight excluding hydrogens is 334 g/mol. The van der Waals surface area contributed by atoms with Crippen molar-refractivity contribution in [3.63, 3.8) is 0 Å². The molecule has 0 aliphatic rings. The van der Waals surface area contributed by atoms with E-state index in [0.717, 1.165) is 15.8 Å². The van der Waals surface area contributed by atoms with Gasteiger partial charge in [0.1, 0.15) is 0 Å². The van der Waals surface area contributed by atoms with Gasteiger partial charge in [-0.3, -0.25) is 0 Å². The normalized spacial score (nSPS) is 11.9. The molecule has 0 aliphatic carbocycles. The fraction of sp³-hybridized carbons (Fsp3) is 0.0667. The number of benzene rings is 2. The molecule has 20 heavy (non-hydrogen) atoms. The zero-order chi connectivity index (χ0) is 14.2. The van der Waals surface area contributed by atoms with Gasteiger partial charge in [-0.15, -0.1) is 5.10 Å². The Morgan fingerprint density at radius 1 is 1.10 bits per heavy atom. The monoisotopic (exact) mass is 347 g/mol. The van der Waals surface area contributed by atoms with E-state index in [1.165, 1.54) is 17.3 Å². The third kappa shape index (κ3) is 5.19. The van der Waals surface area contributed by atoms with E-state index >= 15 is 0 Å². The second kappa shape index (κ2) is 7.87. The minimum absolute atomic E-state index is 0.458. The summed E-state index contributed by atoms with van der Waals surface area (Å²) in [5.74, 6) is 0.781. The van der Waals surface area contributed by atoms with Crippen LogP contribution in [-0.2, 0) is 5.75 Å². The van der Waals surface area contributed by atoms with Crippen molar-refractivity contribution in [2.24, 2.45) is 15.9 Å². The standard InChI is InChI=1S/C15H14BrN3S/c16-14-8-6-13(7-9-14)11-20-15(17)19-18-10-12-4-2-1-3-5-12/h1-10H,11H2,(H2,17,19). The molecule has 0 fully saturated rings. The minimum atomic E-state index is 0.458. The Morgan fingerprint density at radius 2 is 1.80 bits per heavy atom. The molecule has 0 aliphatic heterocycles. The number of nitrogens with zero attached hydrogens (tertiary/aromatic N) is 2. The second-order valence-electron chi connectivity index (χ2n) is 4.01. The lowest BCUT2D eigenvalue weighted by Gasteiger charge is -2.00. The van der Waals surface area contributed by atoms with E-state index in [1.54, 1.807) is 6.21 Å². The largest absolute Gasteiger partial charge is 0.377 e. The number of halogens is 1. The summed E-state index contributed by atoms with van der Waals surface area (Å²) in [4.78, 5) is 0. The third-order valence-electron chi connectivity index (χ3n) is 2.46. The van der Waals surface area contributed by atoms with Crippen molar-refractivity contribution in [1.82, 2.24) is 0 Å². The Labute approximate surface area is 131 Å².